The largest absolute Gasteiger partial charge is 0.394 e. The highest BCUT2D eigenvalue weighted by Gasteiger charge is 2.47. The quantitative estimate of drug-likeness (QED) is 0.160. The highest BCUT2D eigenvalue weighted by Crippen LogP contribution is 2.47. The van der Waals surface area contributed by atoms with Crippen LogP contribution >= 0.6 is 15.6 Å². The van der Waals surface area contributed by atoms with Crippen molar-refractivity contribution in [2.45, 2.75) is 135 Å². The van der Waals surface area contributed by atoms with E-state index >= 15 is 0 Å². The first kappa shape index (κ1) is 36.2. The Bertz CT molecular complexity index is 672. The molecule has 218 valence electrons. The number of unbranched alkanes of at least 4 members (excludes halogenated alkanes) is 3. The first-order chi connectivity index (χ1) is 16.3. The highest BCUT2D eigenvalue weighted by molar-refractivity contribution is 7.46. The second-order valence-electron chi connectivity index (χ2n) is 12.7. The molecule has 10 heteroatoms. The van der Waals surface area contributed by atoms with Crippen molar-refractivity contribution < 1.29 is 38.7 Å². The molecule has 6 atom stereocenters. The molecule has 0 heterocycles. The lowest BCUT2D eigenvalue weighted by Crippen LogP contribution is -2.53. The van der Waals surface area contributed by atoms with Crippen LogP contribution in [0.2, 0.25) is 0 Å². The maximum absolute atomic E-state index is 13.5. The minimum atomic E-state index is -2.42. The fourth-order valence-corrected chi connectivity index (χ4v) is 7.42. The van der Waals surface area contributed by atoms with Crippen molar-refractivity contribution >= 4 is 15.6 Å². The van der Waals surface area contributed by atoms with Crippen molar-refractivity contribution in [3.8, 4) is 0 Å². The molecule has 0 aromatic carbocycles. The third kappa shape index (κ3) is 13.8. The molecule has 0 saturated heterocycles. The Morgan fingerprint density at radius 1 is 0.750 bits per heavy atom. The number of hydrogen-bond donors (Lipinski definition) is 3. The van der Waals surface area contributed by atoms with Crippen molar-refractivity contribution in [1.82, 2.24) is 0 Å². The molecule has 0 aromatic rings. The zero-order chi connectivity index (χ0) is 28.4. The first-order valence-corrected chi connectivity index (χ1v) is 16.5. The monoisotopic (exact) mass is 558 g/mol. The van der Waals surface area contributed by atoms with E-state index in [0.29, 0.717) is 25.4 Å². The lowest BCUT2D eigenvalue weighted by Gasteiger charge is -2.43. The van der Waals surface area contributed by atoms with Crippen LogP contribution in [0.3, 0.4) is 0 Å². The van der Waals surface area contributed by atoms with Gasteiger partial charge in [0.1, 0.15) is 25.4 Å². The lowest BCUT2D eigenvalue weighted by molar-refractivity contribution is -0.193. The van der Waals surface area contributed by atoms with Gasteiger partial charge in [0.05, 0.1) is 44.9 Å². The van der Waals surface area contributed by atoms with Crippen LogP contribution in [-0.4, -0.2) is 87.5 Å². The molecular weight excluding hydrogens is 502 g/mol. The Hall–Kier alpha value is 0.220. The summed E-state index contributed by atoms with van der Waals surface area (Å²) in [7, 11) is -4.27. The normalized spacial score (nSPS) is 19.4. The molecule has 0 radical (unpaired) electrons. The smallest absolute Gasteiger partial charge is 0.144 e. The van der Waals surface area contributed by atoms with Gasteiger partial charge in [0.15, 0.2) is 0 Å². The van der Waals surface area contributed by atoms with Gasteiger partial charge < -0.3 is 38.7 Å². The molecule has 0 aliphatic heterocycles. The molecule has 0 bridgehead atoms. The molecule has 0 aromatic heterocycles. The predicted octanol–water partition coefficient (Wildman–Crippen LogP) is 4.91. The van der Waals surface area contributed by atoms with Gasteiger partial charge in [-0.1, -0.05) is 26.7 Å². The summed E-state index contributed by atoms with van der Waals surface area (Å²) in [6.07, 6.45) is 1.86. The van der Waals surface area contributed by atoms with E-state index < -0.39 is 56.1 Å². The SMILES string of the molecule is CC(CO)OCC(C)(C)[PH](=O)CCCCCC[PH](=O)C(C)(OC(C)(C)C)C(O)C(CO)OC(C)(C)C. The summed E-state index contributed by atoms with van der Waals surface area (Å²) in [5, 5.41) is 28.4. The average molecular weight is 559 g/mol. The summed E-state index contributed by atoms with van der Waals surface area (Å²) in [6, 6.07) is 0. The van der Waals surface area contributed by atoms with Crippen molar-refractivity contribution in [2.24, 2.45) is 0 Å². The Kier molecular flexibility index (Phi) is 15.8. The van der Waals surface area contributed by atoms with Gasteiger partial charge in [0.25, 0.3) is 0 Å². The number of aliphatic hydroxyl groups is 3. The molecule has 0 saturated carbocycles. The van der Waals surface area contributed by atoms with Gasteiger partial charge in [-0.25, -0.2) is 0 Å². The molecule has 8 nitrogen and oxygen atoms in total. The second-order valence-corrected chi connectivity index (χ2v) is 17.7. The van der Waals surface area contributed by atoms with Crippen LogP contribution < -0.4 is 0 Å². The molecule has 36 heavy (non-hydrogen) atoms. The Labute approximate surface area is 221 Å². The predicted molar refractivity (Wildman–Crippen MR) is 150 cm³/mol. The molecule has 0 fully saturated rings. The maximum Gasteiger partial charge on any atom is 0.144 e. The number of hydrogen-bond acceptors (Lipinski definition) is 8. The number of aliphatic hydroxyl groups excluding tert-OH is 3. The van der Waals surface area contributed by atoms with Crippen LogP contribution in [-0.2, 0) is 23.3 Å². The maximum atomic E-state index is 13.5. The van der Waals surface area contributed by atoms with Crippen LogP contribution in [0.1, 0.15) is 94.9 Å². The Morgan fingerprint density at radius 2 is 1.25 bits per heavy atom. The van der Waals surface area contributed by atoms with Gasteiger partial charge >= 0.3 is 0 Å². The summed E-state index contributed by atoms with van der Waals surface area (Å²) in [5.41, 5.74) is -1.23. The van der Waals surface area contributed by atoms with Gasteiger partial charge in [0.2, 0.25) is 0 Å². The summed E-state index contributed by atoms with van der Waals surface area (Å²) in [6.45, 7) is 18.3. The number of rotatable bonds is 18. The third-order valence-corrected chi connectivity index (χ3v) is 10.7. The first-order valence-electron chi connectivity index (χ1n) is 13.2. The minimum Gasteiger partial charge on any atom is -0.394 e. The topological polar surface area (TPSA) is 123 Å². The Balaban J connectivity index is 4.91. The summed E-state index contributed by atoms with van der Waals surface area (Å²) < 4.78 is 43.8. The van der Waals surface area contributed by atoms with Crippen LogP contribution in [0.25, 0.3) is 0 Å². The van der Waals surface area contributed by atoms with Crippen LogP contribution in [0.5, 0.6) is 0 Å². The molecule has 0 aliphatic carbocycles. The van der Waals surface area contributed by atoms with Gasteiger partial charge in [-0.05, 0) is 74.4 Å². The van der Waals surface area contributed by atoms with E-state index in [9.17, 15) is 19.3 Å². The molecule has 0 amide bonds. The average Bonchev–Trinajstić information content (AvgIpc) is 2.75. The molecule has 3 N–H and O–H groups in total. The van der Waals surface area contributed by atoms with Crippen molar-refractivity contribution in [3.05, 3.63) is 0 Å². The van der Waals surface area contributed by atoms with Crippen LogP contribution in [0.15, 0.2) is 0 Å². The zero-order valence-corrected chi connectivity index (χ0v) is 26.5. The van der Waals surface area contributed by atoms with Crippen molar-refractivity contribution in [1.29, 1.82) is 0 Å². The zero-order valence-electron chi connectivity index (χ0n) is 24.5. The van der Waals surface area contributed by atoms with Crippen LogP contribution in [0, 0.1) is 0 Å². The van der Waals surface area contributed by atoms with Gasteiger partial charge in [-0.2, -0.15) is 0 Å². The molecule has 0 spiro atoms. The Morgan fingerprint density at radius 3 is 1.67 bits per heavy atom. The van der Waals surface area contributed by atoms with Gasteiger partial charge in [-0.15, -0.1) is 0 Å². The molecule has 6 unspecified atom stereocenters. The molecule has 0 aliphatic rings. The molecular formula is C26H56O8P2. The third-order valence-electron chi connectivity index (χ3n) is 5.97. The fraction of sp³-hybridized carbons (Fsp3) is 1.00. The summed E-state index contributed by atoms with van der Waals surface area (Å²) in [5.74, 6) is 0. The summed E-state index contributed by atoms with van der Waals surface area (Å²) >= 11 is 0. The van der Waals surface area contributed by atoms with E-state index in [1.54, 1.807) is 13.8 Å². The lowest BCUT2D eigenvalue weighted by atomic mass is 10.1. The molecule has 0 rings (SSSR count). The van der Waals surface area contributed by atoms with Gasteiger partial charge in [0, 0.05) is 11.3 Å². The van der Waals surface area contributed by atoms with Gasteiger partial charge in [-0.3, -0.25) is 0 Å². The summed E-state index contributed by atoms with van der Waals surface area (Å²) in [4.78, 5) is 0. The van der Waals surface area contributed by atoms with E-state index in [4.69, 9.17) is 19.3 Å². The van der Waals surface area contributed by atoms with Crippen LogP contribution in [0.4, 0.5) is 0 Å². The van der Waals surface area contributed by atoms with E-state index in [2.05, 4.69) is 0 Å². The fourth-order valence-electron chi connectivity index (χ4n) is 3.92. The second kappa shape index (κ2) is 15.7. The van der Waals surface area contributed by atoms with E-state index in [1.807, 2.05) is 55.4 Å². The van der Waals surface area contributed by atoms with E-state index in [1.165, 1.54) is 0 Å². The minimum absolute atomic E-state index is 0.0543. The van der Waals surface area contributed by atoms with Crippen molar-refractivity contribution in [2.75, 3.05) is 32.1 Å². The number of ether oxygens (including phenoxy) is 3. The van der Waals surface area contributed by atoms with E-state index in [0.717, 1.165) is 19.3 Å². The van der Waals surface area contributed by atoms with Crippen molar-refractivity contribution in [3.63, 3.8) is 0 Å². The van der Waals surface area contributed by atoms with E-state index in [-0.39, 0.29) is 12.7 Å². The standard InChI is InChI=1S/C26H56O8P2/c1-20(17-27)32-19-25(8,9)35(30)15-13-11-12-14-16-36(31)26(10,34-24(5,6)7)22(29)21(18-28)33-23(2,3)4/h20-22,27-29,35-36H,11-19H2,1-10H3. The highest BCUT2D eigenvalue weighted by atomic mass is 31.1.